The van der Waals surface area contributed by atoms with E-state index in [-0.39, 0.29) is 11.3 Å². The second-order valence-corrected chi connectivity index (χ2v) is 6.54. The molecule has 1 heterocycles. The van der Waals surface area contributed by atoms with Crippen LogP contribution < -0.4 is 9.47 Å². The fourth-order valence-electron chi connectivity index (χ4n) is 2.90. The summed E-state index contributed by atoms with van der Waals surface area (Å²) in [5.41, 5.74) is 2.97. The van der Waals surface area contributed by atoms with Crippen molar-refractivity contribution in [1.82, 2.24) is 10.2 Å². The average Bonchev–Trinajstić information content (AvgIpc) is 2.95. The molecule has 0 amide bonds. The zero-order valence-corrected chi connectivity index (χ0v) is 14.4. The van der Waals surface area contributed by atoms with Gasteiger partial charge in [-0.15, -0.1) is 11.6 Å². The van der Waals surface area contributed by atoms with E-state index in [2.05, 4.69) is 10.2 Å². The highest BCUT2D eigenvalue weighted by molar-refractivity contribution is 6.38. The van der Waals surface area contributed by atoms with E-state index in [4.69, 9.17) is 44.3 Å². The molecule has 0 bridgehead atoms. The van der Waals surface area contributed by atoms with E-state index in [9.17, 15) is 0 Å². The second-order valence-electron chi connectivity index (χ2n) is 5.23. The standard InChI is InChI=1S/C15H15Cl3N2O2/c1-21-11-5-12(22-2)15(18)13(14(11)17)8-4-10-7(3-9(8)16)6-19-20-10/h5-6,8-9H,3-4H2,1-2H3,(H,19,20). The molecule has 2 unspecified atom stereocenters. The van der Waals surface area contributed by atoms with Crippen molar-refractivity contribution in [1.29, 1.82) is 0 Å². The number of H-pyrrole nitrogens is 1. The molecule has 4 nitrogen and oxygen atoms in total. The Morgan fingerprint density at radius 2 is 1.77 bits per heavy atom. The van der Waals surface area contributed by atoms with Gasteiger partial charge in [0.2, 0.25) is 0 Å². The Bertz CT molecular complexity index is 674. The van der Waals surface area contributed by atoms with Crippen LogP contribution in [0.15, 0.2) is 12.3 Å². The number of nitrogens with one attached hydrogen (secondary N) is 1. The van der Waals surface area contributed by atoms with Gasteiger partial charge in [-0.25, -0.2) is 0 Å². The van der Waals surface area contributed by atoms with E-state index >= 15 is 0 Å². The number of halogens is 3. The molecule has 0 fully saturated rings. The summed E-state index contributed by atoms with van der Waals surface area (Å²) in [6.45, 7) is 0. The first-order valence-corrected chi connectivity index (χ1v) is 8.01. The van der Waals surface area contributed by atoms with E-state index in [1.54, 1.807) is 20.3 Å². The van der Waals surface area contributed by atoms with Crippen LogP contribution >= 0.6 is 34.8 Å². The summed E-state index contributed by atoms with van der Waals surface area (Å²) in [5, 5.41) is 7.93. The van der Waals surface area contributed by atoms with Gasteiger partial charge in [-0.2, -0.15) is 5.10 Å². The molecule has 0 spiro atoms. The molecule has 0 saturated heterocycles. The van der Waals surface area contributed by atoms with Crippen LogP contribution in [-0.2, 0) is 12.8 Å². The summed E-state index contributed by atoms with van der Waals surface area (Å²) in [6, 6.07) is 1.68. The normalized spacial score (nSPS) is 20.6. The Morgan fingerprint density at radius 1 is 1.14 bits per heavy atom. The van der Waals surface area contributed by atoms with Crippen molar-refractivity contribution in [2.24, 2.45) is 0 Å². The Kier molecular flexibility index (Phi) is 4.44. The molecule has 0 aliphatic heterocycles. The number of rotatable bonds is 3. The second kappa shape index (κ2) is 6.19. The summed E-state index contributed by atoms with van der Waals surface area (Å²) >= 11 is 19.6. The van der Waals surface area contributed by atoms with Crippen LogP contribution in [-0.4, -0.2) is 29.8 Å². The highest BCUT2D eigenvalue weighted by Gasteiger charge is 2.34. The average molecular weight is 362 g/mol. The molecule has 0 saturated carbocycles. The quantitative estimate of drug-likeness (QED) is 0.833. The maximum Gasteiger partial charge on any atom is 0.141 e. The molecular formula is C15H15Cl3N2O2. The van der Waals surface area contributed by atoms with Gasteiger partial charge in [0, 0.05) is 28.6 Å². The Hall–Kier alpha value is -1.10. The highest BCUT2D eigenvalue weighted by Crippen LogP contribution is 2.48. The number of ether oxygens (including phenoxy) is 2. The smallest absolute Gasteiger partial charge is 0.141 e. The molecule has 7 heteroatoms. The number of alkyl halides is 1. The number of benzene rings is 1. The molecule has 1 aromatic carbocycles. The van der Waals surface area contributed by atoms with E-state index in [1.165, 1.54) is 0 Å². The third-order valence-electron chi connectivity index (χ3n) is 4.06. The fourth-order valence-corrected chi connectivity index (χ4v) is 4.07. The molecule has 1 aliphatic rings. The molecule has 2 atom stereocenters. The Balaban J connectivity index is 2.11. The van der Waals surface area contributed by atoms with Gasteiger partial charge in [-0.1, -0.05) is 23.2 Å². The lowest BCUT2D eigenvalue weighted by Crippen LogP contribution is -2.24. The summed E-state index contributed by atoms with van der Waals surface area (Å²) in [6.07, 6.45) is 3.22. The van der Waals surface area contributed by atoms with Crippen LogP contribution in [0.1, 0.15) is 22.7 Å². The number of fused-ring (bicyclic) bond motifs is 1. The van der Waals surface area contributed by atoms with Crippen LogP contribution in [0.5, 0.6) is 11.5 Å². The zero-order chi connectivity index (χ0) is 15.9. The number of nitrogens with zero attached hydrogens (tertiary/aromatic N) is 1. The van der Waals surface area contributed by atoms with Crippen LogP contribution in [0, 0.1) is 0 Å². The predicted octanol–water partition coefficient (Wildman–Crippen LogP) is 4.22. The van der Waals surface area contributed by atoms with E-state index in [0.29, 0.717) is 34.4 Å². The first-order chi connectivity index (χ1) is 10.6. The third kappa shape index (κ3) is 2.53. The minimum atomic E-state index is -0.128. The topological polar surface area (TPSA) is 47.1 Å². The molecule has 1 N–H and O–H groups in total. The lowest BCUT2D eigenvalue weighted by atomic mass is 9.82. The lowest BCUT2D eigenvalue weighted by Gasteiger charge is -2.29. The SMILES string of the molecule is COc1cc(OC)c(Cl)c(C2Cc3[nH]ncc3CC2Cl)c1Cl. The Labute approximate surface area is 143 Å². The summed E-state index contributed by atoms with van der Waals surface area (Å²) in [5.74, 6) is 1.01. The maximum atomic E-state index is 6.60. The minimum Gasteiger partial charge on any atom is -0.495 e. The summed E-state index contributed by atoms with van der Waals surface area (Å²) in [4.78, 5) is 0. The number of hydrogen-bond acceptors (Lipinski definition) is 3. The fraction of sp³-hybridized carbons (Fsp3) is 0.400. The molecule has 22 heavy (non-hydrogen) atoms. The van der Waals surface area contributed by atoms with E-state index in [1.807, 2.05) is 6.20 Å². The number of hydrogen-bond donors (Lipinski definition) is 1. The van der Waals surface area contributed by atoms with Gasteiger partial charge in [0.15, 0.2) is 0 Å². The number of methoxy groups -OCH3 is 2. The van der Waals surface area contributed by atoms with E-state index in [0.717, 1.165) is 16.8 Å². The van der Waals surface area contributed by atoms with Crippen molar-refractivity contribution in [2.45, 2.75) is 24.1 Å². The maximum absolute atomic E-state index is 6.60. The van der Waals surface area contributed by atoms with Crippen molar-refractivity contribution in [3.8, 4) is 11.5 Å². The highest BCUT2D eigenvalue weighted by atomic mass is 35.5. The summed E-state index contributed by atoms with van der Waals surface area (Å²) < 4.78 is 10.7. The first-order valence-electron chi connectivity index (χ1n) is 6.81. The van der Waals surface area contributed by atoms with Crippen molar-refractivity contribution in [3.63, 3.8) is 0 Å². The van der Waals surface area contributed by atoms with Gasteiger partial charge < -0.3 is 9.47 Å². The van der Waals surface area contributed by atoms with Crippen LogP contribution in [0.25, 0.3) is 0 Å². The van der Waals surface area contributed by atoms with Gasteiger partial charge >= 0.3 is 0 Å². The molecule has 2 aromatic rings. The van der Waals surface area contributed by atoms with Crippen molar-refractivity contribution < 1.29 is 9.47 Å². The van der Waals surface area contributed by atoms with Gasteiger partial charge in [-0.3, -0.25) is 5.10 Å². The van der Waals surface area contributed by atoms with Crippen LogP contribution in [0.3, 0.4) is 0 Å². The lowest BCUT2D eigenvalue weighted by molar-refractivity contribution is 0.392. The summed E-state index contributed by atoms with van der Waals surface area (Å²) in [7, 11) is 3.12. The van der Waals surface area contributed by atoms with Gasteiger partial charge in [0.05, 0.1) is 30.5 Å². The first kappa shape index (κ1) is 15.8. The van der Waals surface area contributed by atoms with Crippen molar-refractivity contribution in [3.05, 3.63) is 39.1 Å². The zero-order valence-electron chi connectivity index (χ0n) is 12.1. The minimum absolute atomic E-state index is 0.0429. The van der Waals surface area contributed by atoms with Gasteiger partial charge in [-0.05, 0) is 18.4 Å². The predicted molar refractivity (Wildman–Crippen MR) is 87.9 cm³/mol. The molecule has 3 rings (SSSR count). The van der Waals surface area contributed by atoms with Gasteiger partial charge in [0.25, 0.3) is 0 Å². The monoisotopic (exact) mass is 360 g/mol. The van der Waals surface area contributed by atoms with Gasteiger partial charge in [0.1, 0.15) is 11.5 Å². The molecular weight excluding hydrogens is 347 g/mol. The number of aromatic amines is 1. The third-order valence-corrected chi connectivity index (χ3v) is 5.30. The molecule has 1 aromatic heterocycles. The molecule has 0 radical (unpaired) electrons. The van der Waals surface area contributed by atoms with E-state index < -0.39 is 0 Å². The van der Waals surface area contributed by atoms with Crippen LogP contribution in [0.4, 0.5) is 0 Å². The molecule has 1 aliphatic carbocycles. The van der Waals surface area contributed by atoms with Crippen molar-refractivity contribution in [2.75, 3.05) is 14.2 Å². The Morgan fingerprint density at radius 3 is 2.36 bits per heavy atom. The molecule has 118 valence electrons. The van der Waals surface area contributed by atoms with Crippen LogP contribution in [0.2, 0.25) is 10.0 Å². The number of aromatic nitrogens is 2. The largest absolute Gasteiger partial charge is 0.495 e. The van der Waals surface area contributed by atoms with Crippen molar-refractivity contribution >= 4 is 34.8 Å².